The second-order valence-corrected chi connectivity index (χ2v) is 9.84. The van der Waals surface area contributed by atoms with Crippen molar-refractivity contribution in [2.45, 2.75) is 103 Å². The van der Waals surface area contributed by atoms with Gasteiger partial charge in [0.25, 0.3) is 0 Å². The summed E-state index contributed by atoms with van der Waals surface area (Å²) in [6, 6.07) is 0. The number of allylic oxidation sites excluding steroid dienone is 6. The van der Waals surface area contributed by atoms with Gasteiger partial charge in [-0.05, 0) is 51.4 Å². The number of carbonyl (C=O) groups is 2. The first-order chi connectivity index (χ1) is 15.7. The van der Waals surface area contributed by atoms with Crippen LogP contribution >= 0.6 is 0 Å². The van der Waals surface area contributed by atoms with Crippen LogP contribution in [-0.2, 0) is 14.3 Å². The number of ether oxygens (including phenoxy) is 1. The second kappa shape index (κ2) is 20.7. The molecule has 1 unspecified atom stereocenters. The quantitative estimate of drug-likeness (QED) is 0.0975. The fraction of sp³-hybridized carbons (Fsp3) is 0.714. The maximum absolute atomic E-state index is 12.0. The summed E-state index contributed by atoms with van der Waals surface area (Å²) >= 11 is 0. The molecule has 33 heavy (non-hydrogen) atoms. The first-order valence-corrected chi connectivity index (χ1v) is 12.9. The summed E-state index contributed by atoms with van der Waals surface area (Å²) in [5.41, 5.74) is 0. The fourth-order valence-electron chi connectivity index (χ4n) is 3.51. The summed E-state index contributed by atoms with van der Waals surface area (Å²) in [5.74, 6) is -1.52. The Morgan fingerprint density at radius 2 is 1.30 bits per heavy atom. The lowest BCUT2D eigenvalue weighted by Gasteiger charge is -2.29. The molecule has 5 nitrogen and oxygen atoms in total. The zero-order chi connectivity index (χ0) is 24.8. The monoisotopic (exact) mass is 463 g/mol. The van der Waals surface area contributed by atoms with Gasteiger partial charge < -0.3 is 19.1 Å². The number of carbonyl (C=O) groups excluding carboxylic acids is 2. The molecule has 0 aliphatic rings. The highest BCUT2D eigenvalue weighted by atomic mass is 16.5. The highest BCUT2D eigenvalue weighted by Crippen LogP contribution is 2.10. The molecule has 0 aliphatic heterocycles. The van der Waals surface area contributed by atoms with Crippen LogP contribution < -0.4 is 5.11 Å². The molecule has 0 rings (SSSR count). The van der Waals surface area contributed by atoms with E-state index in [1.807, 2.05) is 21.1 Å². The highest BCUT2D eigenvalue weighted by molar-refractivity contribution is 5.70. The number of carboxylic acids is 1. The standard InChI is InChI=1S/C28H49NO4/c1-5-6-7-8-9-10-11-12-13-14-15-16-17-18-19-20-21-22-23-28(32)33-26(24-27(30)31)25-29(2,3)4/h7-8,10-11,19-20,26H,5-6,9,12-18,21-25H2,1-4H3/b8-7+,11-10+,20-19+. The van der Waals surface area contributed by atoms with Gasteiger partial charge in [-0.1, -0.05) is 69.1 Å². The zero-order valence-corrected chi connectivity index (χ0v) is 21.7. The summed E-state index contributed by atoms with van der Waals surface area (Å²) in [7, 11) is 5.81. The van der Waals surface area contributed by atoms with Crippen molar-refractivity contribution in [1.82, 2.24) is 0 Å². The molecule has 0 aromatic rings. The molecule has 5 heteroatoms. The second-order valence-electron chi connectivity index (χ2n) is 9.84. The van der Waals surface area contributed by atoms with E-state index in [4.69, 9.17) is 4.74 Å². The summed E-state index contributed by atoms with van der Waals surface area (Å²) in [4.78, 5) is 22.9. The molecule has 0 radical (unpaired) electrons. The number of likely N-dealkylation sites (N-methyl/N-ethyl adjacent to an activating group) is 1. The Kier molecular flexibility index (Phi) is 19.5. The molecule has 0 amide bonds. The summed E-state index contributed by atoms with van der Waals surface area (Å²) in [6.07, 6.45) is 26.5. The lowest BCUT2D eigenvalue weighted by molar-refractivity contribution is -0.873. The van der Waals surface area contributed by atoms with Gasteiger partial charge in [0.2, 0.25) is 0 Å². The van der Waals surface area contributed by atoms with E-state index in [1.165, 1.54) is 51.4 Å². The lowest BCUT2D eigenvalue weighted by atomic mass is 10.1. The van der Waals surface area contributed by atoms with Crippen molar-refractivity contribution in [2.24, 2.45) is 0 Å². The Balaban J connectivity index is 3.67. The third-order valence-corrected chi connectivity index (χ3v) is 5.16. The van der Waals surface area contributed by atoms with Gasteiger partial charge in [-0.2, -0.15) is 0 Å². The molecular formula is C28H49NO4. The smallest absolute Gasteiger partial charge is 0.306 e. The van der Waals surface area contributed by atoms with Crippen LogP contribution in [0.2, 0.25) is 0 Å². The number of aliphatic carboxylic acids is 1. The first kappa shape index (κ1) is 31.1. The highest BCUT2D eigenvalue weighted by Gasteiger charge is 2.22. The van der Waals surface area contributed by atoms with Crippen molar-refractivity contribution in [3.05, 3.63) is 36.5 Å². The average molecular weight is 464 g/mol. The van der Waals surface area contributed by atoms with Crippen LogP contribution in [0.15, 0.2) is 36.5 Å². The van der Waals surface area contributed by atoms with E-state index < -0.39 is 12.1 Å². The largest absolute Gasteiger partial charge is 0.550 e. The van der Waals surface area contributed by atoms with E-state index >= 15 is 0 Å². The van der Waals surface area contributed by atoms with Crippen LogP contribution in [0.25, 0.3) is 0 Å². The number of quaternary nitrogens is 1. The molecule has 190 valence electrons. The average Bonchev–Trinajstić information content (AvgIpc) is 2.71. The molecule has 0 aromatic heterocycles. The molecule has 0 fully saturated rings. The van der Waals surface area contributed by atoms with E-state index in [1.54, 1.807) is 0 Å². The normalized spacial score (nSPS) is 13.3. The van der Waals surface area contributed by atoms with Gasteiger partial charge in [-0.25, -0.2) is 0 Å². The number of nitrogens with zero attached hydrogens (tertiary/aromatic N) is 1. The fourth-order valence-corrected chi connectivity index (χ4v) is 3.51. The van der Waals surface area contributed by atoms with Crippen molar-refractivity contribution in [3.63, 3.8) is 0 Å². The van der Waals surface area contributed by atoms with Crippen LogP contribution in [0.4, 0.5) is 0 Å². The van der Waals surface area contributed by atoms with Gasteiger partial charge in [-0.15, -0.1) is 0 Å². The lowest BCUT2D eigenvalue weighted by Crippen LogP contribution is -2.45. The van der Waals surface area contributed by atoms with Gasteiger partial charge in [0.1, 0.15) is 6.54 Å². The number of carboxylic acid groups (broad SMARTS) is 1. The molecule has 0 saturated carbocycles. The van der Waals surface area contributed by atoms with E-state index in [0.717, 1.165) is 25.7 Å². The molecule has 0 saturated heterocycles. The minimum atomic E-state index is -1.19. The Morgan fingerprint density at radius 1 is 0.788 bits per heavy atom. The van der Waals surface area contributed by atoms with Crippen LogP contribution in [0, 0.1) is 0 Å². The van der Waals surface area contributed by atoms with Gasteiger partial charge in [0.15, 0.2) is 6.10 Å². The molecule has 0 heterocycles. The number of unbranched alkanes of at least 4 members (excludes halogenated alkanes) is 8. The molecule has 0 aromatic carbocycles. The Bertz CT molecular complexity index is 587. The minimum absolute atomic E-state index is 0.255. The van der Waals surface area contributed by atoms with Crippen molar-refractivity contribution in [3.8, 4) is 0 Å². The van der Waals surface area contributed by atoms with Crippen LogP contribution in [0.5, 0.6) is 0 Å². The van der Waals surface area contributed by atoms with E-state index in [2.05, 4.69) is 43.4 Å². The summed E-state index contributed by atoms with van der Waals surface area (Å²) in [5, 5.41) is 10.9. The van der Waals surface area contributed by atoms with Gasteiger partial charge in [0, 0.05) is 18.8 Å². The number of hydrogen-bond acceptors (Lipinski definition) is 4. The molecular weight excluding hydrogens is 414 g/mol. The van der Waals surface area contributed by atoms with E-state index in [0.29, 0.717) is 17.4 Å². The number of hydrogen-bond donors (Lipinski definition) is 0. The first-order valence-electron chi connectivity index (χ1n) is 12.9. The maximum atomic E-state index is 12.0. The molecule has 1 atom stereocenters. The third kappa shape index (κ3) is 24.6. The predicted octanol–water partition coefficient (Wildman–Crippen LogP) is 5.50. The van der Waals surface area contributed by atoms with Crippen LogP contribution in [0.1, 0.15) is 96.8 Å². The SMILES string of the molecule is CCC/C=C/C/C=C/CCCCCCC/C=C/CCCC(=O)OC(CC(=O)[O-])C[N+](C)(C)C. The number of esters is 1. The Labute approximate surface area is 203 Å². The van der Waals surface area contributed by atoms with E-state index in [-0.39, 0.29) is 12.4 Å². The maximum Gasteiger partial charge on any atom is 0.306 e. The van der Waals surface area contributed by atoms with Gasteiger partial charge in [-0.3, -0.25) is 4.79 Å². The Morgan fingerprint density at radius 3 is 1.85 bits per heavy atom. The van der Waals surface area contributed by atoms with Crippen molar-refractivity contribution < 1.29 is 23.9 Å². The third-order valence-electron chi connectivity index (χ3n) is 5.16. The van der Waals surface area contributed by atoms with E-state index in [9.17, 15) is 14.7 Å². The zero-order valence-electron chi connectivity index (χ0n) is 21.7. The minimum Gasteiger partial charge on any atom is -0.550 e. The molecule has 0 spiro atoms. The molecule has 0 bridgehead atoms. The predicted molar refractivity (Wildman–Crippen MR) is 136 cm³/mol. The number of rotatable bonds is 21. The van der Waals surface area contributed by atoms with Gasteiger partial charge >= 0.3 is 5.97 Å². The molecule has 0 N–H and O–H groups in total. The summed E-state index contributed by atoms with van der Waals surface area (Å²) in [6.45, 7) is 2.65. The van der Waals surface area contributed by atoms with Crippen molar-refractivity contribution in [1.29, 1.82) is 0 Å². The Hall–Kier alpha value is -1.88. The van der Waals surface area contributed by atoms with Crippen molar-refractivity contribution >= 4 is 11.9 Å². The topological polar surface area (TPSA) is 66.4 Å². The summed E-state index contributed by atoms with van der Waals surface area (Å²) < 4.78 is 5.89. The van der Waals surface area contributed by atoms with Crippen molar-refractivity contribution in [2.75, 3.05) is 27.7 Å². The van der Waals surface area contributed by atoms with Crippen LogP contribution in [-0.4, -0.2) is 50.2 Å². The van der Waals surface area contributed by atoms with Crippen LogP contribution in [0.3, 0.4) is 0 Å². The molecule has 0 aliphatic carbocycles. The van der Waals surface area contributed by atoms with Gasteiger partial charge in [0.05, 0.1) is 21.1 Å².